The minimum atomic E-state index is -1.10. The van der Waals surface area contributed by atoms with E-state index in [0.717, 1.165) is 0 Å². The van der Waals surface area contributed by atoms with Gasteiger partial charge in [-0.1, -0.05) is 0 Å². The molecule has 110 valence electrons. The molecule has 0 spiro atoms. The molecule has 1 amide bonds. The summed E-state index contributed by atoms with van der Waals surface area (Å²) < 4.78 is 10.1. The predicted octanol–water partition coefficient (Wildman–Crippen LogP) is 1.21. The third-order valence-electron chi connectivity index (χ3n) is 2.63. The Morgan fingerprint density at radius 1 is 1.25 bits per heavy atom. The average Bonchev–Trinajstić information content (AvgIpc) is 2.45. The number of methoxy groups -OCH3 is 2. The topological polar surface area (TPSA) is 84.9 Å². The van der Waals surface area contributed by atoms with Crippen LogP contribution in [0.5, 0.6) is 11.5 Å². The summed E-state index contributed by atoms with van der Waals surface area (Å²) >= 11 is 3.97. The van der Waals surface area contributed by atoms with Gasteiger partial charge in [0.15, 0.2) is 0 Å². The molecule has 1 atom stereocenters. The molecule has 0 aliphatic carbocycles. The number of hydrogen-bond donors (Lipinski definition) is 3. The van der Waals surface area contributed by atoms with Crippen LogP contribution in [0.4, 0.5) is 0 Å². The summed E-state index contributed by atoms with van der Waals surface area (Å²) in [5.41, 5.74) is 0.270. The first-order valence-corrected chi connectivity index (χ1v) is 6.52. The Hall–Kier alpha value is -1.89. The molecule has 1 aromatic rings. The Kier molecular flexibility index (Phi) is 6.17. The zero-order valence-electron chi connectivity index (χ0n) is 11.3. The smallest absolute Gasteiger partial charge is 0.326 e. The van der Waals surface area contributed by atoms with Gasteiger partial charge >= 0.3 is 5.97 Å². The summed E-state index contributed by atoms with van der Waals surface area (Å²) in [5.74, 6) is -0.330. The Balaban J connectivity index is 2.93. The van der Waals surface area contributed by atoms with Crippen LogP contribution in [0.3, 0.4) is 0 Å². The normalized spacial score (nSPS) is 11.6. The van der Waals surface area contributed by atoms with Gasteiger partial charge in [0.2, 0.25) is 0 Å². The van der Waals surface area contributed by atoms with Crippen LogP contribution in [0, 0.1) is 0 Å². The van der Waals surface area contributed by atoms with Crippen LogP contribution in [-0.2, 0) is 4.79 Å². The van der Waals surface area contributed by atoms with Crippen LogP contribution in [0.25, 0.3) is 0 Å². The van der Waals surface area contributed by atoms with Crippen molar-refractivity contribution < 1.29 is 24.2 Å². The molecule has 0 heterocycles. The number of aliphatic carboxylic acids is 1. The fraction of sp³-hybridized carbons (Fsp3) is 0.385. The van der Waals surface area contributed by atoms with E-state index < -0.39 is 17.9 Å². The van der Waals surface area contributed by atoms with Gasteiger partial charge in [0.05, 0.1) is 14.2 Å². The van der Waals surface area contributed by atoms with Crippen molar-refractivity contribution in [3.63, 3.8) is 0 Å². The van der Waals surface area contributed by atoms with E-state index in [1.54, 1.807) is 6.07 Å². The number of carboxylic acid groups (broad SMARTS) is 1. The molecule has 0 saturated heterocycles. The van der Waals surface area contributed by atoms with Crippen molar-refractivity contribution in [2.45, 2.75) is 12.5 Å². The lowest BCUT2D eigenvalue weighted by Gasteiger charge is -2.14. The Morgan fingerprint density at radius 3 is 2.20 bits per heavy atom. The van der Waals surface area contributed by atoms with Gasteiger partial charge in [-0.3, -0.25) is 4.79 Å². The van der Waals surface area contributed by atoms with Crippen molar-refractivity contribution in [1.29, 1.82) is 0 Å². The number of rotatable bonds is 7. The van der Waals surface area contributed by atoms with Crippen molar-refractivity contribution in [1.82, 2.24) is 5.32 Å². The zero-order valence-corrected chi connectivity index (χ0v) is 12.1. The summed E-state index contributed by atoms with van der Waals surface area (Å²) in [7, 11) is 2.94. The van der Waals surface area contributed by atoms with Gasteiger partial charge in [0, 0.05) is 11.6 Å². The quantitative estimate of drug-likeness (QED) is 0.659. The molecule has 0 bridgehead atoms. The van der Waals surface area contributed by atoms with E-state index >= 15 is 0 Å². The summed E-state index contributed by atoms with van der Waals surface area (Å²) in [6.45, 7) is 0. The van der Waals surface area contributed by atoms with E-state index in [4.69, 9.17) is 14.6 Å². The predicted molar refractivity (Wildman–Crippen MR) is 76.9 cm³/mol. The maximum absolute atomic E-state index is 12.1. The van der Waals surface area contributed by atoms with Crippen molar-refractivity contribution in [3.8, 4) is 11.5 Å². The molecule has 20 heavy (non-hydrogen) atoms. The number of thiol groups is 1. The fourth-order valence-electron chi connectivity index (χ4n) is 1.57. The summed E-state index contributed by atoms with van der Waals surface area (Å²) in [6, 6.07) is 3.67. The molecule has 0 fully saturated rings. The monoisotopic (exact) mass is 299 g/mol. The number of benzene rings is 1. The molecular formula is C13H17NO5S. The zero-order chi connectivity index (χ0) is 15.1. The highest BCUT2D eigenvalue weighted by Gasteiger charge is 2.20. The van der Waals surface area contributed by atoms with E-state index in [0.29, 0.717) is 17.3 Å². The van der Waals surface area contributed by atoms with Gasteiger partial charge in [-0.15, -0.1) is 0 Å². The second kappa shape index (κ2) is 7.64. The number of carbonyl (C=O) groups is 2. The van der Waals surface area contributed by atoms with Crippen molar-refractivity contribution >= 4 is 24.5 Å². The second-order valence-corrected chi connectivity index (χ2v) is 4.43. The molecule has 0 saturated carbocycles. The van der Waals surface area contributed by atoms with Crippen molar-refractivity contribution in [2.75, 3.05) is 20.0 Å². The average molecular weight is 299 g/mol. The Morgan fingerprint density at radius 2 is 1.80 bits per heavy atom. The first kappa shape index (κ1) is 16.2. The molecule has 6 nitrogen and oxygen atoms in total. The SMILES string of the molecule is COc1cc(OC)cc(C(=O)N[C@@H](CCS)C(=O)O)c1. The maximum atomic E-state index is 12.1. The molecule has 0 radical (unpaired) electrons. The van der Waals surface area contributed by atoms with E-state index in [2.05, 4.69) is 17.9 Å². The number of carboxylic acids is 1. The number of amides is 1. The highest BCUT2D eigenvalue weighted by Crippen LogP contribution is 2.22. The van der Waals surface area contributed by atoms with E-state index in [9.17, 15) is 9.59 Å². The number of ether oxygens (including phenoxy) is 2. The van der Waals surface area contributed by atoms with Gasteiger partial charge in [0.1, 0.15) is 17.5 Å². The fourth-order valence-corrected chi connectivity index (χ4v) is 1.82. The minimum Gasteiger partial charge on any atom is -0.497 e. The highest BCUT2D eigenvalue weighted by molar-refractivity contribution is 7.80. The van der Waals surface area contributed by atoms with Gasteiger partial charge < -0.3 is 19.9 Å². The van der Waals surface area contributed by atoms with Crippen LogP contribution < -0.4 is 14.8 Å². The van der Waals surface area contributed by atoms with Gasteiger partial charge in [-0.2, -0.15) is 12.6 Å². The molecule has 0 aliphatic rings. The number of nitrogens with one attached hydrogen (secondary N) is 1. The van der Waals surface area contributed by atoms with E-state index in [1.165, 1.54) is 26.4 Å². The third-order valence-corrected chi connectivity index (χ3v) is 2.89. The molecule has 1 aromatic carbocycles. The van der Waals surface area contributed by atoms with Crippen molar-refractivity contribution in [2.24, 2.45) is 0 Å². The second-order valence-electron chi connectivity index (χ2n) is 3.98. The largest absolute Gasteiger partial charge is 0.497 e. The summed E-state index contributed by atoms with van der Waals surface area (Å²) in [4.78, 5) is 23.1. The van der Waals surface area contributed by atoms with E-state index in [1.807, 2.05) is 0 Å². The summed E-state index contributed by atoms with van der Waals surface area (Å²) in [6.07, 6.45) is 0.241. The van der Waals surface area contributed by atoms with Gasteiger partial charge in [-0.25, -0.2) is 4.79 Å². The highest BCUT2D eigenvalue weighted by atomic mass is 32.1. The first-order chi connectivity index (χ1) is 9.51. The molecule has 0 aliphatic heterocycles. The maximum Gasteiger partial charge on any atom is 0.326 e. The standard InChI is InChI=1S/C13H17NO5S/c1-18-9-5-8(6-10(7-9)19-2)12(15)14-11(3-4-20)13(16)17/h5-7,11,20H,3-4H2,1-2H3,(H,14,15)(H,16,17)/t11-/m0/s1. The number of carbonyl (C=O) groups excluding carboxylic acids is 1. The molecule has 1 rings (SSSR count). The van der Waals surface area contributed by atoms with Crippen LogP contribution in [0.15, 0.2) is 18.2 Å². The van der Waals surface area contributed by atoms with Crippen LogP contribution in [0.1, 0.15) is 16.8 Å². The minimum absolute atomic E-state index is 0.241. The molecule has 2 N–H and O–H groups in total. The molecular weight excluding hydrogens is 282 g/mol. The summed E-state index contributed by atoms with van der Waals surface area (Å²) in [5, 5.41) is 11.4. The third kappa shape index (κ3) is 4.34. The number of hydrogen-bond acceptors (Lipinski definition) is 5. The van der Waals surface area contributed by atoms with Crippen LogP contribution in [0.2, 0.25) is 0 Å². The van der Waals surface area contributed by atoms with Crippen LogP contribution in [-0.4, -0.2) is 43.0 Å². The van der Waals surface area contributed by atoms with Crippen LogP contribution >= 0.6 is 12.6 Å². The van der Waals surface area contributed by atoms with Gasteiger partial charge in [-0.05, 0) is 24.3 Å². The molecule has 0 aromatic heterocycles. The molecule has 7 heteroatoms. The van der Waals surface area contributed by atoms with Gasteiger partial charge in [0.25, 0.3) is 5.91 Å². The lowest BCUT2D eigenvalue weighted by molar-refractivity contribution is -0.139. The lowest BCUT2D eigenvalue weighted by Crippen LogP contribution is -2.41. The Bertz CT molecular complexity index is 469. The van der Waals surface area contributed by atoms with Crippen molar-refractivity contribution in [3.05, 3.63) is 23.8 Å². The van der Waals surface area contributed by atoms with E-state index in [-0.39, 0.29) is 12.0 Å². The first-order valence-electron chi connectivity index (χ1n) is 5.89. The lowest BCUT2D eigenvalue weighted by atomic mass is 10.1. The molecule has 0 unspecified atom stereocenters. The Labute approximate surface area is 122 Å².